The average molecular weight is 261 g/mol. The van der Waals surface area contributed by atoms with Crippen LogP contribution in [0.5, 0.6) is 5.75 Å². The Morgan fingerprint density at radius 2 is 2.16 bits per heavy atom. The van der Waals surface area contributed by atoms with Gasteiger partial charge in [-0.15, -0.1) is 10.2 Å². The van der Waals surface area contributed by atoms with Gasteiger partial charge >= 0.3 is 0 Å². The lowest BCUT2D eigenvalue weighted by molar-refractivity contribution is 0.242. The maximum atomic E-state index is 5.86. The minimum absolute atomic E-state index is 0.119. The number of nitrogens with zero attached hydrogens (tertiary/aromatic N) is 3. The highest BCUT2D eigenvalue weighted by Gasteiger charge is 2.04. The first kappa shape index (κ1) is 13.2. The van der Waals surface area contributed by atoms with Crippen molar-refractivity contribution >= 4 is 11.4 Å². The van der Waals surface area contributed by atoms with Gasteiger partial charge in [-0.3, -0.25) is 0 Å². The summed E-state index contributed by atoms with van der Waals surface area (Å²) in [5.74, 6) is 1.62. The number of aryl methyl sites for hydroxylation is 1. The van der Waals surface area contributed by atoms with E-state index in [1.54, 1.807) is 6.33 Å². The van der Waals surface area contributed by atoms with E-state index < -0.39 is 0 Å². The largest absolute Gasteiger partial charge is 0.491 e. The second-order valence-corrected chi connectivity index (χ2v) is 4.67. The summed E-state index contributed by atoms with van der Waals surface area (Å²) in [6.45, 7) is 4.55. The third-order valence-electron chi connectivity index (χ3n) is 2.56. The van der Waals surface area contributed by atoms with Gasteiger partial charge in [0.2, 0.25) is 0 Å². The molecular formula is C13H19N5O. The van der Waals surface area contributed by atoms with Crippen LogP contribution in [-0.2, 0) is 13.6 Å². The molecule has 3 N–H and O–H groups in total. The third kappa shape index (κ3) is 3.61. The zero-order valence-corrected chi connectivity index (χ0v) is 11.4. The number of hydrogen-bond donors (Lipinski definition) is 2. The molecule has 6 nitrogen and oxygen atoms in total. The normalized spacial score (nSPS) is 10.7. The van der Waals surface area contributed by atoms with E-state index in [2.05, 4.69) is 15.5 Å². The lowest BCUT2D eigenvalue weighted by Crippen LogP contribution is -2.08. The van der Waals surface area contributed by atoms with E-state index in [-0.39, 0.29) is 6.10 Å². The molecule has 1 aromatic carbocycles. The first-order valence-corrected chi connectivity index (χ1v) is 6.18. The highest BCUT2D eigenvalue weighted by molar-refractivity contribution is 5.59. The fourth-order valence-corrected chi connectivity index (χ4v) is 1.71. The number of ether oxygens (including phenoxy) is 1. The SMILES string of the molecule is CC(C)Oc1cc(N)cc(NCc2nncn2C)c1. The number of nitrogens with two attached hydrogens (primary N) is 1. The molecule has 2 rings (SSSR count). The third-order valence-corrected chi connectivity index (χ3v) is 2.56. The van der Waals surface area contributed by atoms with Crippen LogP contribution in [0.2, 0.25) is 0 Å². The number of nitrogen functional groups attached to an aromatic ring is 1. The van der Waals surface area contributed by atoms with E-state index in [1.165, 1.54) is 0 Å². The molecule has 0 aliphatic carbocycles. The van der Waals surface area contributed by atoms with Crippen LogP contribution in [0.25, 0.3) is 0 Å². The molecule has 0 aliphatic rings. The number of aromatic nitrogens is 3. The summed E-state index contributed by atoms with van der Waals surface area (Å²) in [7, 11) is 1.91. The Morgan fingerprint density at radius 3 is 2.79 bits per heavy atom. The second kappa shape index (κ2) is 5.60. The molecular weight excluding hydrogens is 242 g/mol. The molecule has 0 saturated heterocycles. The Balaban J connectivity index is 2.07. The molecule has 0 fully saturated rings. The second-order valence-electron chi connectivity index (χ2n) is 4.67. The van der Waals surface area contributed by atoms with Crippen molar-refractivity contribution in [3.05, 3.63) is 30.4 Å². The van der Waals surface area contributed by atoms with Gasteiger partial charge in [-0.05, 0) is 19.9 Å². The van der Waals surface area contributed by atoms with Crippen LogP contribution in [0.4, 0.5) is 11.4 Å². The van der Waals surface area contributed by atoms with Crippen LogP contribution in [0.3, 0.4) is 0 Å². The quantitative estimate of drug-likeness (QED) is 0.802. The van der Waals surface area contributed by atoms with Crippen molar-refractivity contribution in [2.45, 2.75) is 26.5 Å². The van der Waals surface area contributed by atoms with Gasteiger partial charge in [0, 0.05) is 30.6 Å². The van der Waals surface area contributed by atoms with E-state index in [4.69, 9.17) is 10.5 Å². The average Bonchev–Trinajstić information content (AvgIpc) is 2.70. The molecule has 0 amide bonds. The number of nitrogens with one attached hydrogen (secondary N) is 1. The highest BCUT2D eigenvalue weighted by Crippen LogP contribution is 2.23. The Kier molecular flexibility index (Phi) is 3.89. The molecule has 19 heavy (non-hydrogen) atoms. The van der Waals surface area contributed by atoms with E-state index >= 15 is 0 Å². The Labute approximate surface area is 112 Å². The van der Waals surface area contributed by atoms with Crippen molar-refractivity contribution in [3.63, 3.8) is 0 Å². The van der Waals surface area contributed by atoms with Gasteiger partial charge in [0.15, 0.2) is 5.82 Å². The molecule has 0 spiro atoms. The van der Waals surface area contributed by atoms with Crippen molar-refractivity contribution in [1.82, 2.24) is 14.8 Å². The summed E-state index contributed by atoms with van der Waals surface area (Å²) in [6.07, 6.45) is 1.79. The topological polar surface area (TPSA) is 78.0 Å². The Bertz CT molecular complexity index is 550. The summed E-state index contributed by atoms with van der Waals surface area (Å²) >= 11 is 0. The van der Waals surface area contributed by atoms with Crippen LogP contribution in [0.1, 0.15) is 19.7 Å². The lowest BCUT2D eigenvalue weighted by atomic mass is 10.2. The molecule has 1 heterocycles. The molecule has 0 aliphatic heterocycles. The molecule has 0 atom stereocenters. The predicted octanol–water partition coefficient (Wildman–Crippen LogP) is 1.80. The first-order valence-electron chi connectivity index (χ1n) is 6.18. The molecule has 0 unspecified atom stereocenters. The zero-order valence-electron chi connectivity index (χ0n) is 11.4. The van der Waals surface area contributed by atoms with E-state index in [1.807, 2.05) is 43.7 Å². The van der Waals surface area contributed by atoms with Crippen LogP contribution >= 0.6 is 0 Å². The summed E-state index contributed by atoms with van der Waals surface area (Å²) in [4.78, 5) is 0. The standard InChI is InChI=1S/C13H19N5O/c1-9(2)19-12-5-10(14)4-11(6-12)15-7-13-17-16-8-18(13)3/h4-6,8-9,15H,7,14H2,1-3H3. The van der Waals surface area contributed by atoms with Crippen LogP contribution in [0, 0.1) is 0 Å². The van der Waals surface area contributed by atoms with E-state index in [9.17, 15) is 0 Å². The van der Waals surface area contributed by atoms with Gasteiger partial charge in [0.05, 0.1) is 12.6 Å². The molecule has 102 valence electrons. The van der Waals surface area contributed by atoms with Gasteiger partial charge in [-0.2, -0.15) is 0 Å². The van der Waals surface area contributed by atoms with Crippen molar-refractivity contribution in [1.29, 1.82) is 0 Å². The summed E-state index contributed by atoms with van der Waals surface area (Å²) in [5.41, 5.74) is 7.43. The van der Waals surface area contributed by atoms with Gasteiger partial charge in [-0.1, -0.05) is 0 Å². The lowest BCUT2D eigenvalue weighted by Gasteiger charge is -2.13. The summed E-state index contributed by atoms with van der Waals surface area (Å²) in [6, 6.07) is 5.60. The van der Waals surface area contributed by atoms with Gasteiger partial charge < -0.3 is 20.4 Å². The number of benzene rings is 1. The summed E-state index contributed by atoms with van der Waals surface area (Å²) in [5, 5.41) is 11.1. The van der Waals surface area contributed by atoms with Crippen LogP contribution < -0.4 is 15.8 Å². The fourth-order valence-electron chi connectivity index (χ4n) is 1.71. The molecule has 6 heteroatoms. The van der Waals surface area contributed by atoms with Crippen molar-refractivity contribution in [2.75, 3.05) is 11.1 Å². The predicted molar refractivity (Wildman–Crippen MR) is 74.9 cm³/mol. The number of rotatable bonds is 5. The molecule has 2 aromatic rings. The zero-order chi connectivity index (χ0) is 13.8. The minimum Gasteiger partial charge on any atom is -0.491 e. The fraction of sp³-hybridized carbons (Fsp3) is 0.385. The smallest absolute Gasteiger partial charge is 0.151 e. The van der Waals surface area contributed by atoms with E-state index in [0.717, 1.165) is 17.3 Å². The summed E-state index contributed by atoms with van der Waals surface area (Å²) < 4.78 is 7.51. The van der Waals surface area contributed by atoms with Crippen molar-refractivity contribution in [2.24, 2.45) is 7.05 Å². The minimum atomic E-state index is 0.119. The molecule has 1 aromatic heterocycles. The monoisotopic (exact) mass is 261 g/mol. The van der Waals surface area contributed by atoms with Crippen molar-refractivity contribution in [3.8, 4) is 5.75 Å². The maximum absolute atomic E-state index is 5.86. The molecule has 0 saturated carbocycles. The first-order chi connectivity index (χ1) is 9.04. The van der Waals surface area contributed by atoms with Gasteiger partial charge in [0.25, 0.3) is 0 Å². The van der Waals surface area contributed by atoms with Gasteiger partial charge in [-0.25, -0.2) is 0 Å². The Morgan fingerprint density at radius 1 is 1.37 bits per heavy atom. The van der Waals surface area contributed by atoms with Crippen LogP contribution in [-0.4, -0.2) is 20.9 Å². The maximum Gasteiger partial charge on any atom is 0.151 e. The molecule has 0 bridgehead atoms. The van der Waals surface area contributed by atoms with Crippen LogP contribution in [0.15, 0.2) is 24.5 Å². The number of anilines is 2. The van der Waals surface area contributed by atoms with Gasteiger partial charge in [0.1, 0.15) is 12.1 Å². The Hall–Kier alpha value is -2.24. The molecule has 0 radical (unpaired) electrons. The van der Waals surface area contributed by atoms with Crippen molar-refractivity contribution < 1.29 is 4.74 Å². The number of hydrogen-bond acceptors (Lipinski definition) is 5. The van der Waals surface area contributed by atoms with E-state index in [0.29, 0.717) is 12.2 Å². The highest BCUT2D eigenvalue weighted by atomic mass is 16.5.